The summed E-state index contributed by atoms with van der Waals surface area (Å²) in [5.41, 5.74) is 2.73. The standard InChI is InChI=1S/C28H23N3O7/c1-15-6-4-8-22(17(15)3)29-14-18(13-24(29)32)28(35)38-19-10-11-21(16(2)12-19)30-26(33)20-7-5-9-23(31(36)37)25(20)27(30)34/h4-12,18H,13-14H2,1-3H3/t18-/m0/s1. The van der Waals surface area contributed by atoms with Crippen LogP contribution < -0.4 is 14.5 Å². The fourth-order valence-corrected chi connectivity index (χ4v) is 4.91. The summed E-state index contributed by atoms with van der Waals surface area (Å²) in [6, 6.07) is 14.0. The van der Waals surface area contributed by atoms with Gasteiger partial charge in [0.25, 0.3) is 17.5 Å². The number of carbonyl (C=O) groups is 4. The summed E-state index contributed by atoms with van der Waals surface area (Å²) in [5.74, 6) is -2.64. The van der Waals surface area contributed by atoms with Crippen molar-refractivity contribution >= 4 is 40.8 Å². The molecule has 10 heteroatoms. The minimum atomic E-state index is -0.791. The van der Waals surface area contributed by atoms with E-state index in [1.165, 1.54) is 36.4 Å². The van der Waals surface area contributed by atoms with Crippen LogP contribution in [-0.4, -0.2) is 35.2 Å². The molecular weight excluding hydrogens is 490 g/mol. The van der Waals surface area contributed by atoms with E-state index in [1.54, 1.807) is 11.8 Å². The van der Waals surface area contributed by atoms with E-state index in [1.807, 2.05) is 32.0 Å². The average Bonchev–Trinajstić information content (AvgIpc) is 3.38. The molecule has 0 unspecified atom stereocenters. The summed E-state index contributed by atoms with van der Waals surface area (Å²) in [4.78, 5) is 64.7. The quantitative estimate of drug-likeness (QED) is 0.164. The molecule has 0 radical (unpaired) electrons. The lowest BCUT2D eigenvalue weighted by molar-refractivity contribution is -0.385. The number of hydrogen-bond acceptors (Lipinski definition) is 7. The molecule has 3 aromatic rings. The van der Waals surface area contributed by atoms with Gasteiger partial charge in [-0.25, -0.2) is 4.90 Å². The van der Waals surface area contributed by atoms with E-state index in [2.05, 4.69) is 0 Å². The van der Waals surface area contributed by atoms with Crippen LogP contribution in [0.25, 0.3) is 0 Å². The lowest BCUT2D eigenvalue weighted by Crippen LogP contribution is -2.30. The van der Waals surface area contributed by atoms with Crippen molar-refractivity contribution < 1.29 is 28.8 Å². The smallest absolute Gasteiger partial charge is 0.316 e. The number of fused-ring (bicyclic) bond motifs is 1. The number of imide groups is 1. The molecule has 2 heterocycles. The number of nitro groups is 1. The van der Waals surface area contributed by atoms with Crippen molar-refractivity contribution in [1.29, 1.82) is 0 Å². The van der Waals surface area contributed by atoms with Crippen molar-refractivity contribution in [2.75, 3.05) is 16.3 Å². The number of carbonyl (C=O) groups excluding carboxylic acids is 4. The molecule has 3 aromatic carbocycles. The maximum absolute atomic E-state index is 13.0. The van der Waals surface area contributed by atoms with E-state index in [-0.39, 0.29) is 41.4 Å². The topological polar surface area (TPSA) is 127 Å². The largest absolute Gasteiger partial charge is 0.426 e. The van der Waals surface area contributed by atoms with Crippen molar-refractivity contribution in [3.8, 4) is 5.75 Å². The van der Waals surface area contributed by atoms with Crippen molar-refractivity contribution in [1.82, 2.24) is 0 Å². The Hall–Kier alpha value is -4.86. The number of amides is 3. The van der Waals surface area contributed by atoms with Gasteiger partial charge in [0.05, 0.1) is 22.1 Å². The summed E-state index contributed by atoms with van der Waals surface area (Å²) >= 11 is 0. The van der Waals surface area contributed by atoms with Gasteiger partial charge in [-0.1, -0.05) is 18.2 Å². The number of nitro benzene ring substituents is 1. The van der Waals surface area contributed by atoms with E-state index in [0.29, 0.717) is 5.56 Å². The molecule has 0 aromatic heterocycles. The Morgan fingerprint density at radius 2 is 1.68 bits per heavy atom. The molecule has 2 aliphatic heterocycles. The lowest BCUT2D eigenvalue weighted by atomic mass is 10.1. The van der Waals surface area contributed by atoms with Gasteiger partial charge in [-0.2, -0.15) is 0 Å². The second-order valence-corrected chi connectivity index (χ2v) is 9.40. The number of rotatable bonds is 5. The van der Waals surface area contributed by atoms with Gasteiger partial charge in [0, 0.05) is 24.7 Å². The number of ether oxygens (including phenoxy) is 1. The Balaban J connectivity index is 1.33. The fraction of sp³-hybridized carbons (Fsp3) is 0.214. The first-order valence-electron chi connectivity index (χ1n) is 11.9. The molecule has 0 aliphatic carbocycles. The van der Waals surface area contributed by atoms with Crippen LogP contribution in [0.5, 0.6) is 5.75 Å². The highest BCUT2D eigenvalue weighted by Crippen LogP contribution is 2.36. The second kappa shape index (κ2) is 9.22. The van der Waals surface area contributed by atoms with Gasteiger partial charge in [-0.05, 0) is 67.8 Å². The lowest BCUT2D eigenvalue weighted by Gasteiger charge is -2.20. The third-order valence-electron chi connectivity index (χ3n) is 7.04. The Kier molecular flexibility index (Phi) is 6.02. The van der Waals surface area contributed by atoms with Crippen LogP contribution in [0.2, 0.25) is 0 Å². The minimum Gasteiger partial charge on any atom is -0.426 e. The minimum absolute atomic E-state index is 0.0249. The van der Waals surface area contributed by atoms with Crippen LogP contribution in [0.1, 0.15) is 43.8 Å². The zero-order valence-electron chi connectivity index (χ0n) is 20.9. The van der Waals surface area contributed by atoms with Gasteiger partial charge in [0.15, 0.2) is 0 Å². The number of hydrogen-bond donors (Lipinski definition) is 0. The SMILES string of the molecule is Cc1cc(OC(=O)[C@H]2CC(=O)N(c3cccc(C)c3C)C2)ccc1N1C(=O)c2cccc([N+](=O)[O-])c2C1=O. The first kappa shape index (κ1) is 24.8. The molecule has 1 saturated heterocycles. The number of aryl methyl sites for hydroxylation is 2. The fourth-order valence-electron chi connectivity index (χ4n) is 4.91. The highest BCUT2D eigenvalue weighted by molar-refractivity contribution is 6.35. The van der Waals surface area contributed by atoms with Crippen LogP contribution in [0, 0.1) is 36.8 Å². The predicted octanol–water partition coefficient (Wildman–Crippen LogP) is 4.28. The van der Waals surface area contributed by atoms with Crippen LogP contribution in [0.4, 0.5) is 17.1 Å². The van der Waals surface area contributed by atoms with E-state index in [9.17, 15) is 29.3 Å². The molecule has 3 amide bonds. The van der Waals surface area contributed by atoms with Gasteiger partial charge in [0.2, 0.25) is 5.91 Å². The van der Waals surface area contributed by atoms with E-state index in [4.69, 9.17) is 4.74 Å². The third-order valence-corrected chi connectivity index (χ3v) is 7.04. The molecule has 5 rings (SSSR count). The number of benzene rings is 3. The Morgan fingerprint density at radius 1 is 0.947 bits per heavy atom. The molecule has 38 heavy (non-hydrogen) atoms. The van der Waals surface area contributed by atoms with Gasteiger partial charge in [-0.15, -0.1) is 0 Å². The van der Waals surface area contributed by atoms with Gasteiger partial charge in [-0.3, -0.25) is 29.3 Å². The van der Waals surface area contributed by atoms with E-state index >= 15 is 0 Å². The summed E-state index contributed by atoms with van der Waals surface area (Å²) in [5, 5.41) is 11.4. The molecule has 0 spiro atoms. The second-order valence-electron chi connectivity index (χ2n) is 9.40. The molecule has 2 aliphatic rings. The normalized spacial score (nSPS) is 16.7. The average molecular weight is 514 g/mol. The van der Waals surface area contributed by atoms with Crippen molar-refractivity contribution in [3.05, 3.63) is 92.5 Å². The summed E-state index contributed by atoms with van der Waals surface area (Å²) in [7, 11) is 0. The van der Waals surface area contributed by atoms with Crippen LogP contribution in [0.3, 0.4) is 0 Å². The third kappa shape index (κ3) is 4.00. The van der Waals surface area contributed by atoms with Crippen molar-refractivity contribution in [3.63, 3.8) is 0 Å². The Bertz CT molecular complexity index is 1560. The van der Waals surface area contributed by atoms with E-state index < -0.39 is 34.3 Å². The monoisotopic (exact) mass is 513 g/mol. The molecule has 0 saturated carbocycles. The zero-order valence-corrected chi connectivity index (χ0v) is 20.9. The predicted molar refractivity (Wildman–Crippen MR) is 137 cm³/mol. The molecule has 1 atom stereocenters. The molecule has 192 valence electrons. The molecule has 0 bridgehead atoms. The maximum atomic E-state index is 13.0. The van der Waals surface area contributed by atoms with Gasteiger partial charge < -0.3 is 9.64 Å². The first-order valence-corrected chi connectivity index (χ1v) is 11.9. The number of nitrogens with zero attached hydrogens (tertiary/aromatic N) is 3. The van der Waals surface area contributed by atoms with Crippen molar-refractivity contribution in [2.24, 2.45) is 5.92 Å². The van der Waals surface area contributed by atoms with Crippen LogP contribution in [0.15, 0.2) is 54.6 Å². The Morgan fingerprint density at radius 3 is 2.39 bits per heavy atom. The Labute approximate surface area is 217 Å². The van der Waals surface area contributed by atoms with Gasteiger partial charge in [0.1, 0.15) is 11.3 Å². The van der Waals surface area contributed by atoms with Crippen LogP contribution in [-0.2, 0) is 9.59 Å². The van der Waals surface area contributed by atoms with Gasteiger partial charge >= 0.3 is 5.97 Å². The summed E-state index contributed by atoms with van der Waals surface area (Å²) in [6.07, 6.45) is 0.0249. The molecule has 10 nitrogen and oxygen atoms in total. The molecule has 0 N–H and O–H groups in total. The van der Waals surface area contributed by atoms with Crippen molar-refractivity contribution in [2.45, 2.75) is 27.2 Å². The summed E-state index contributed by atoms with van der Waals surface area (Å²) in [6.45, 7) is 5.72. The zero-order chi connectivity index (χ0) is 27.3. The van der Waals surface area contributed by atoms with Crippen LogP contribution >= 0.6 is 0 Å². The highest BCUT2D eigenvalue weighted by atomic mass is 16.6. The molecule has 1 fully saturated rings. The molecular formula is C28H23N3O7. The number of esters is 1. The van der Waals surface area contributed by atoms with E-state index in [0.717, 1.165) is 21.7 Å². The summed E-state index contributed by atoms with van der Waals surface area (Å²) < 4.78 is 5.55. The maximum Gasteiger partial charge on any atom is 0.316 e. The number of anilines is 2. The first-order chi connectivity index (χ1) is 18.1. The highest BCUT2D eigenvalue weighted by Gasteiger charge is 2.42.